The van der Waals surface area contributed by atoms with Gasteiger partial charge in [0.2, 0.25) is 0 Å². The van der Waals surface area contributed by atoms with Gasteiger partial charge in [-0.1, -0.05) is 55.2 Å². The lowest BCUT2D eigenvalue weighted by Crippen LogP contribution is -2.55. The lowest BCUT2D eigenvalue weighted by molar-refractivity contribution is 0.315. The highest BCUT2D eigenvalue weighted by atomic mass is 16.4. The summed E-state index contributed by atoms with van der Waals surface area (Å²) in [5.74, 6) is 0. The Bertz CT molecular complexity index is 1100. The number of rotatable bonds is 10. The van der Waals surface area contributed by atoms with Gasteiger partial charge in [-0.3, -0.25) is 0 Å². The molecular formula is C26H33N5O2. The zero-order chi connectivity index (χ0) is 24.0. The molecule has 0 amide bonds. The molecule has 174 valence electrons. The Hall–Kier alpha value is -3.21. The van der Waals surface area contributed by atoms with Crippen LogP contribution in [0, 0.1) is 11.3 Å². The van der Waals surface area contributed by atoms with E-state index in [1.54, 1.807) is 6.92 Å². The molecule has 0 fully saturated rings. The molecule has 2 aromatic rings. The number of nitrogens with zero attached hydrogens (tertiary/aromatic N) is 3. The van der Waals surface area contributed by atoms with Crippen LogP contribution in [0.3, 0.4) is 0 Å². The average molecular weight is 448 g/mol. The van der Waals surface area contributed by atoms with E-state index in [2.05, 4.69) is 35.5 Å². The number of oxime groups is 2. The van der Waals surface area contributed by atoms with E-state index >= 15 is 0 Å². The van der Waals surface area contributed by atoms with Crippen molar-refractivity contribution in [3.05, 3.63) is 58.7 Å². The quantitative estimate of drug-likeness (QED) is 0.181. The minimum Gasteiger partial charge on any atom is -0.411 e. The van der Waals surface area contributed by atoms with Gasteiger partial charge in [0.25, 0.3) is 0 Å². The van der Waals surface area contributed by atoms with Gasteiger partial charge >= 0.3 is 0 Å². The number of fused-ring (bicyclic) bond motifs is 3. The van der Waals surface area contributed by atoms with Crippen LogP contribution in [0.5, 0.6) is 0 Å². The molecule has 33 heavy (non-hydrogen) atoms. The van der Waals surface area contributed by atoms with Crippen LogP contribution in [0.2, 0.25) is 0 Å². The van der Waals surface area contributed by atoms with Crippen molar-refractivity contribution in [2.75, 3.05) is 6.54 Å². The molecule has 0 saturated carbocycles. The van der Waals surface area contributed by atoms with Crippen molar-refractivity contribution in [3.8, 4) is 17.2 Å². The third-order valence-corrected chi connectivity index (χ3v) is 6.45. The smallest absolute Gasteiger partial charge is 0.0991 e. The Labute approximate surface area is 195 Å². The second-order valence-corrected chi connectivity index (χ2v) is 8.67. The Kier molecular flexibility index (Phi) is 7.85. The summed E-state index contributed by atoms with van der Waals surface area (Å²) in [4.78, 5) is 0. The number of nitrogens with one attached hydrogen (secondary N) is 1. The molecule has 7 heteroatoms. The molecule has 0 aliphatic heterocycles. The molecule has 0 bridgehead atoms. The van der Waals surface area contributed by atoms with Crippen LogP contribution in [0.1, 0.15) is 75.1 Å². The van der Waals surface area contributed by atoms with E-state index in [1.165, 1.54) is 0 Å². The highest BCUT2D eigenvalue weighted by molar-refractivity contribution is 6.12. The number of hydrogen-bond donors (Lipinski definition) is 4. The average Bonchev–Trinajstić information content (AvgIpc) is 3.12. The molecule has 0 saturated heterocycles. The molecule has 2 unspecified atom stereocenters. The maximum Gasteiger partial charge on any atom is 0.0991 e. The van der Waals surface area contributed by atoms with Gasteiger partial charge in [-0.25, -0.2) is 0 Å². The molecule has 5 N–H and O–H groups in total. The summed E-state index contributed by atoms with van der Waals surface area (Å²) >= 11 is 0. The van der Waals surface area contributed by atoms with E-state index in [-0.39, 0.29) is 12.5 Å². The predicted octanol–water partition coefficient (Wildman–Crippen LogP) is 4.72. The van der Waals surface area contributed by atoms with Crippen molar-refractivity contribution in [2.24, 2.45) is 16.0 Å². The van der Waals surface area contributed by atoms with Gasteiger partial charge < -0.3 is 21.5 Å². The minimum absolute atomic E-state index is 0.217. The van der Waals surface area contributed by atoms with Crippen LogP contribution >= 0.6 is 0 Å². The summed E-state index contributed by atoms with van der Waals surface area (Å²) in [6.45, 7) is 6.72. The maximum atomic E-state index is 9.69. The van der Waals surface area contributed by atoms with E-state index in [4.69, 9.17) is 10.9 Å². The largest absolute Gasteiger partial charge is 0.411 e. The van der Waals surface area contributed by atoms with Gasteiger partial charge in [-0.2, -0.15) is 5.26 Å². The number of hydrogen-bond acceptors (Lipinski definition) is 7. The number of unbranched alkanes of at least 4 members (excludes halogenated alkanes) is 1. The number of benzene rings is 2. The molecule has 3 rings (SSSR count). The molecule has 0 radical (unpaired) electrons. The van der Waals surface area contributed by atoms with Crippen LogP contribution in [0.25, 0.3) is 11.1 Å². The lowest BCUT2D eigenvalue weighted by Gasteiger charge is -2.39. The summed E-state index contributed by atoms with van der Waals surface area (Å²) in [6, 6.07) is 13.8. The first kappa shape index (κ1) is 24.4. The fraction of sp³-hybridized carbons (Fsp3) is 0.423. The molecular weight excluding hydrogens is 414 g/mol. The predicted molar refractivity (Wildman–Crippen MR) is 131 cm³/mol. The van der Waals surface area contributed by atoms with Gasteiger partial charge in [0.05, 0.1) is 28.6 Å². The molecule has 0 spiro atoms. The summed E-state index contributed by atoms with van der Waals surface area (Å²) in [5.41, 5.74) is 12.6. The molecule has 2 aromatic carbocycles. The molecule has 0 heterocycles. The van der Waals surface area contributed by atoms with Crippen LogP contribution in [-0.4, -0.2) is 34.4 Å². The minimum atomic E-state index is -0.667. The van der Waals surface area contributed by atoms with Crippen molar-refractivity contribution in [1.29, 1.82) is 5.26 Å². The standard InChI is InChI=1S/C26H33N5O2/c1-4-6-12-29-26(25(28)7-5-2)22-14-18(16-27)8-10-20(22)21-11-9-19(15-23(21)26)24(31-33)13-17(3)30-32/h8-11,14-15,25,29,32-33H,4-7,12-13,28H2,1-3H3/b30-17+,31-24-. The summed E-state index contributed by atoms with van der Waals surface area (Å²) in [5, 5.41) is 38.8. The van der Waals surface area contributed by atoms with E-state index in [9.17, 15) is 10.5 Å². The molecule has 2 atom stereocenters. The molecule has 1 aliphatic rings. The second-order valence-electron chi connectivity index (χ2n) is 8.67. The summed E-state index contributed by atoms with van der Waals surface area (Å²) < 4.78 is 0. The highest BCUT2D eigenvalue weighted by Gasteiger charge is 2.47. The van der Waals surface area contributed by atoms with E-state index < -0.39 is 5.54 Å². The third-order valence-electron chi connectivity index (χ3n) is 6.45. The van der Waals surface area contributed by atoms with Crippen molar-refractivity contribution in [3.63, 3.8) is 0 Å². The Morgan fingerprint density at radius 1 is 1.09 bits per heavy atom. The van der Waals surface area contributed by atoms with E-state index in [0.29, 0.717) is 17.0 Å². The topological polar surface area (TPSA) is 127 Å². The normalized spacial score (nSPS) is 18.5. The van der Waals surface area contributed by atoms with Crippen molar-refractivity contribution in [1.82, 2.24) is 5.32 Å². The lowest BCUT2D eigenvalue weighted by atomic mass is 9.77. The van der Waals surface area contributed by atoms with Crippen LogP contribution in [0.4, 0.5) is 0 Å². The van der Waals surface area contributed by atoms with Crippen LogP contribution in [0.15, 0.2) is 46.7 Å². The Morgan fingerprint density at radius 3 is 2.39 bits per heavy atom. The van der Waals surface area contributed by atoms with Gasteiger partial charge in [0.1, 0.15) is 0 Å². The third kappa shape index (κ3) is 4.50. The van der Waals surface area contributed by atoms with Crippen molar-refractivity contribution in [2.45, 2.75) is 64.5 Å². The Balaban J connectivity index is 2.26. The van der Waals surface area contributed by atoms with Gasteiger partial charge in [0.15, 0.2) is 0 Å². The Morgan fingerprint density at radius 2 is 1.79 bits per heavy atom. The second kappa shape index (κ2) is 10.6. The van der Waals surface area contributed by atoms with Crippen LogP contribution < -0.4 is 11.1 Å². The SMILES string of the molecule is CCCCNC1(C(N)CCC)c2cc(C#N)ccc2-c2ccc(/C(C/C(C)=N/O)=N\O)cc21. The van der Waals surface area contributed by atoms with Gasteiger partial charge in [-0.05, 0) is 66.8 Å². The van der Waals surface area contributed by atoms with Gasteiger partial charge in [-0.15, -0.1) is 0 Å². The first-order valence-electron chi connectivity index (χ1n) is 11.6. The van der Waals surface area contributed by atoms with Crippen LogP contribution in [-0.2, 0) is 5.54 Å². The van der Waals surface area contributed by atoms with Crippen molar-refractivity contribution >= 4 is 11.4 Å². The van der Waals surface area contributed by atoms with E-state index in [1.807, 2.05) is 36.4 Å². The van der Waals surface area contributed by atoms with E-state index in [0.717, 1.165) is 60.0 Å². The van der Waals surface area contributed by atoms with Crippen molar-refractivity contribution < 1.29 is 10.4 Å². The van der Waals surface area contributed by atoms with Gasteiger partial charge in [0, 0.05) is 18.0 Å². The zero-order valence-electron chi connectivity index (χ0n) is 19.6. The maximum absolute atomic E-state index is 9.69. The zero-order valence-corrected chi connectivity index (χ0v) is 19.6. The highest BCUT2D eigenvalue weighted by Crippen LogP contribution is 2.50. The molecule has 1 aliphatic carbocycles. The molecule has 0 aromatic heterocycles. The summed E-state index contributed by atoms with van der Waals surface area (Å²) in [7, 11) is 0. The number of nitrogens with two attached hydrogens (primary N) is 1. The monoisotopic (exact) mass is 447 g/mol. The fourth-order valence-electron chi connectivity index (χ4n) is 4.79. The first-order valence-corrected chi connectivity index (χ1v) is 11.6. The first-order chi connectivity index (χ1) is 16.0. The molecule has 7 nitrogen and oxygen atoms in total. The number of nitriles is 1. The fourth-order valence-corrected chi connectivity index (χ4v) is 4.79. The summed E-state index contributed by atoms with van der Waals surface area (Å²) in [6.07, 6.45) is 3.99.